The van der Waals surface area contributed by atoms with Crippen LogP contribution in [0.5, 0.6) is 0 Å². The lowest BCUT2D eigenvalue weighted by Gasteiger charge is -2.28. The van der Waals surface area contributed by atoms with E-state index in [1.807, 2.05) is 13.2 Å². The molecular formula is C11H21N5. The number of nitrogens with two attached hydrogens (primary N) is 1. The van der Waals surface area contributed by atoms with Gasteiger partial charge >= 0.3 is 0 Å². The molecule has 0 radical (unpaired) electrons. The van der Waals surface area contributed by atoms with Crippen molar-refractivity contribution in [3.63, 3.8) is 0 Å². The Morgan fingerprint density at radius 3 is 3.00 bits per heavy atom. The fraction of sp³-hybridized carbons (Fsp3) is 0.818. The lowest BCUT2D eigenvalue weighted by atomic mass is 10.0. The van der Waals surface area contributed by atoms with Gasteiger partial charge in [0, 0.05) is 25.8 Å². The maximum atomic E-state index is 5.80. The molecule has 1 aromatic rings. The second-order valence-electron chi connectivity index (χ2n) is 4.79. The molecular weight excluding hydrogens is 202 g/mol. The molecule has 0 amide bonds. The fourth-order valence-electron chi connectivity index (χ4n) is 2.71. The van der Waals surface area contributed by atoms with Gasteiger partial charge in [0.1, 0.15) is 0 Å². The first-order valence-corrected chi connectivity index (χ1v) is 5.96. The van der Waals surface area contributed by atoms with Crippen LogP contribution in [0.1, 0.15) is 25.0 Å². The van der Waals surface area contributed by atoms with E-state index in [9.17, 15) is 0 Å². The molecule has 0 bridgehead atoms. The van der Waals surface area contributed by atoms with Crippen LogP contribution in [-0.2, 0) is 13.6 Å². The van der Waals surface area contributed by atoms with Crippen molar-refractivity contribution in [2.45, 2.75) is 31.8 Å². The van der Waals surface area contributed by atoms with Gasteiger partial charge in [-0.05, 0) is 32.4 Å². The first-order chi connectivity index (χ1) is 7.70. The Morgan fingerprint density at radius 2 is 2.38 bits per heavy atom. The highest BCUT2D eigenvalue weighted by atomic mass is 15.4. The predicted octanol–water partition coefficient (Wildman–Crippen LogP) is 0.374. The van der Waals surface area contributed by atoms with Gasteiger partial charge in [0.05, 0.1) is 5.69 Å². The normalized spacial score (nSPS) is 25.5. The molecule has 1 saturated carbocycles. The van der Waals surface area contributed by atoms with Crippen LogP contribution in [-0.4, -0.2) is 39.5 Å². The average molecular weight is 223 g/mol. The molecule has 2 rings (SSSR count). The van der Waals surface area contributed by atoms with E-state index in [1.54, 1.807) is 4.68 Å². The van der Waals surface area contributed by atoms with Gasteiger partial charge in [0.15, 0.2) is 0 Å². The molecule has 5 heteroatoms. The van der Waals surface area contributed by atoms with E-state index in [-0.39, 0.29) is 0 Å². The molecule has 0 aliphatic heterocycles. The van der Waals surface area contributed by atoms with Crippen molar-refractivity contribution >= 4 is 0 Å². The van der Waals surface area contributed by atoms with Gasteiger partial charge in [-0.3, -0.25) is 9.58 Å². The molecule has 90 valence electrons. The number of nitrogens with zero attached hydrogens (tertiary/aromatic N) is 4. The van der Waals surface area contributed by atoms with E-state index in [2.05, 4.69) is 22.3 Å². The summed E-state index contributed by atoms with van der Waals surface area (Å²) >= 11 is 0. The number of hydrogen-bond acceptors (Lipinski definition) is 4. The molecule has 0 aromatic carbocycles. The van der Waals surface area contributed by atoms with Gasteiger partial charge in [-0.1, -0.05) is 11.6 Å². The van der Waals surface area contributed by atoms with Gasteiger partial charge in [-0.25, -0.2) is 0 Å². The highest BCUT2D eigenvalue weighted by Gasteiger charge is 2.29. The van der Waals surface area contributed by atoms with Gasteiger partial charge < -0.3 is 5.73 Å². The molecule has 16 heavy (non-hydrogen) atoms. The van der Waals surface area contributed by atoms with Crippen LogP contribution in [0.4, 0.5) is 0 Å². The molecule has 2 N–H and O–H groups in total. The molecule has 5 nitrogen and oxygen atoms in total. The van der Waals surface area contributed by atoms with Crippen LogP contribution < -0.4 is 5.73 Å². The summed E-state index contributed by atoms with van der Waals surface area (Å²) in [6.45, 7) is 1.67. The van der Waals surface area contributed by atoms with Crippen molar-refractivity contribution < 1.29 is 0 Å². The Morgan fingerprint density at radius 1 is 1.56 bits per heavy atom. The van der Waals surface area contributed by atoms with Crippen LogP contribution in [0.2, 0.25) is 0 Å². The van der Waals surface area contributed by atoms with Crippen molar-refractivity contribution in [2.24, 2.45) is 18.7 Å². The second-order valence-corrected chi connectivity index (χ2v) is 4.79. The lowest BCUT2D eigenvalue weighted by Crippen LogP contribution is -2.37. The van der Waals surface area contributed by atoms with Crippen LogP contribution in [0.15, 0.2) is 6.20 Å². The van der Waals surface area contributed by atoms with Crippen LogP contribution in [0.3, 0.4) is 0 Å². The Labute approximate surface area is 96.6 Å². The van der Waals surface area contributed by atoms with Crippen molar-refractivity contribution in [2.75, 3.05) is 13.6 Å². The van der Waals surface area contributed by atoms with E-state index in [1.165, 1.54) is 19.3 Å². The third kappa shape index (κ3) is 2.41. The molecule has 1 aromatic heterocycles. The predicted molar refractivity (Wildman–Crippen MR) is 62.7 cm³/mol. The molecule has 2 atom stereocenters. The molecule has 2 unspecified atom stereocenters. The highest BCUT2D eigenvalue weighted by molar-refractivity contribution is 4.94. The maximum absolute atomic E-state index is 5.80. The molecule has 1 fully saturated rings. The zero-order valence-corrected chi connectivity index (χ0v) is 10.1. The largest absolute Gasteiger partial charge is 0.330 e. The summed E-state index contributed by atoms with van der Waals surface area (Å²) in [6, 6.07) is 0.618. The zero-order valence-electron chi connectivity index (χ0n) is 10.1. The Hall–Kier alpha value is -0.940. The summed E-state index contributed by atoms with van der Waals surface area (Å²) in [5, 5.41) is 8.07. The Bertz CT molecular complexity index is 335. The summed E-state index contributed by atoms with van der Waals surface area (Å²) in [5.74, 6) is 0.654. The Kier molecular flexibility index (Phi) is 3.56. The van der Waals surface area contributed by atoms with Gasteiger partial charge in [0.2, 0.25) is 0 Å². The summed E-state index contributed by atoms with van der Waals surface area (Å²) in [4.78, 5) is 2.37. The first-order valence-electron chi connectivity index (χ1n) is 5.96. The number of rotatable bonds is 4. The quantitative estimate of drug-likeness (QED) is 0.801. The summed E-state index contributed by atoms with van der Waals surface area (Å²) < 4.78 is 1.75. The lowest BCUT2D eigenvalue weighted by molar-refractivity contribution is 0.191. The van der Waals surface area contributed by atoms with Crippen molar-refractivity contribution in [3.05, 3.63) is 11.9 Å². The van der Waals surface area contributed by atoms with Crippen LogP contribution in [0.25, 0.3) is 0 Å². The van der Waals surface area contributed by atoms with Crippen molar-refractivity contribution in [1.82, 2.24) is 19.9 Å². The third-order valence-corrected chi connectivity index (χ3v) is 3.55. The molecule has 0 spiro atoms. The summed E-state index contributed by atoms with van der Waals surface area (Å²) in [5.41, 5.74) is 6.84. The monoisotopic (exact) mass is 223 g/mol. The van der Waals surface area contributed by atoms with E-state index in [0.29, 0.717) is 12.0 Å². The molecule has 0 saturated heterocycles. The van der Waals surface area contributed by atoms with Crippen LogP contribution >= 0.6 is 0 Å². The minimum atomic E-state index is 0.618. The maximum Gasteiger partial charge on any atom is 0.0966 e. The summed E-state index contributed by atoms with van der Waals surface area (Å²) in [6.07, 6.45) is 5.81. The minimum absolute atomic E-state index is 0.618. The van der Waals surface area contributed by atoms with E-state index >= 15 is 0 Å². The smallest absolute Gasteiger partial charge is 0.0966 e. The van der Waals surface area contributed by atoms with Gasteiger partial charge in [-0.15, -0.1) is 5.10 Å². The Balaban J connectivity index is 1.94. The number of aryl methyl sites for hydroxylation is 1. The SMILES string of the molecule is CN(Cc1cn(C)nn1)C1CCCC1CN. The van der Waals surface area contributed by atoms with E-state index in [4.69, 9.17) is 5.73 Å². The van der Waals surface area contributed by atoms with Gasteiger partial charge in [-0.2, -0.15) is 0 Å². The molecule has 1 heterocycles. The minimum Gasteiger partial charge on any atom is -0.330 e. The van der Waals surface area contributed by atoms with Crippen molar-refractivity contribution in [1.29, 1.82) is 0 Å². The number of aromatic nitrogens is 3. The van der Waals surface area contributed by atoms with E-state index < -0.39 is 0 Å². The van der Waals surface area contributed by atoms with Crippen LogP contribution in [0, 0.1) is 5.92 Å². The topological polar surface area (TPSA) is 60.0 Å². The van der Waals surface area contributed by atoms with E-state index in [0.717, 1.165) is 18.8 Å². The first kappa shape index (κ1) is 11.5. The number of hydrogen-bond donors (Lipinski definition) is 1. The highest BCUT2D eigenvalue weighted by Crippen LogP contribution is 2.28. The average Bonchev–Trinajstić information content (AvgIpc) is 2.86. The van der Waals surface area contributed by atoms with Gasteiger partial charge in [0.25, 0.3) is 0 Å². The second kappa shape index (κ2) is 4.93. The standard InChI is InChI=1S/C11H21N5/c1-15(7-10-8-16(2)14-13-10)11-5-3-4-9(11)6-12/h8-9,11H,3-7,12H2,1-2H3. The fourth-order valence-corrected chi connectivity index (χ4v) is 2.71. The molecule has 1 aliphatic rings. The zero-order chi connectivity index (χ0) is 11.5. The molecule has 1 aliphatic carbocycles. The van der Waals surface area contributed by atoms with Crippen molar-refractivity contribution in [3.8, 4) is 0 Å². The summed E-state index contributed by atoms with van der Waals surface area (Å²) in [7, 11) is 4.06. The third-order valence-electron chi connectivity index (χ3n) is 3.55.